The summed E-state index contributed by atoms with van der Waals surface area (Å²) in [5.41, 5.74) is 1.32. The molecule has 0 unspecified atom stereocenters. The third-order valence-electron chi connectivity index (χ3n) is 2.66. The maximum atomic E-state index is 11.7. The van der Waals surface area contributed by atoms with Crippen LogP contribution in [-0.2, 0) is 4.79 Å². The summed E-state index contributed by atoms with van der Waals surface area (Å²) in [6, 6.07) is 14.2. The third kappa shape index (κ3) is 2.69. The van der Waals surface area contributed by atoms with Crippen LogP contribution in [0.2, 0.25) is 10.0 Å². The zero-order valence-electron chi connectivity index (χ0n) is 9.24. The summed E-state index contributed by atoms with van der Waals surface area (Å²) in [7, 11) is 0. The Morgan fingerprint density at radius 3 is 1.56 bits per heavy atom. The van der Waals surface area contributed by atoms with Gasteiger partial charge in [0.25, 0.3) is 0 Å². The Labute approximate surface area is 120 Å². The smallest absolute Gasteiger partial charge is 0.233 e. The Hall–Kier alpha value is -1.02. The fourth-order valence-corrected chi connectivity index (χ4v) is 2.56. The summed E-state index contributed by atoms with van der Waals surface area (Å²) in [5, 5.41) is 0.490. The Balaban J connectivity index is 2.58. The summed E-state index contributed by atoms with van der Waals surface area (Å²) in [6.07, 6.45) is 0. The average Bonchev–Trinajstić information content (AvgIpc) is 2.34. The van der Waals surface area contributed by atoms with Gasteiger partial charge < -0.3 is 0 Å². The van der Waals surface area contributed by atoms with Gasteiger partial charge in [-0.05, 0) is 34.9 Å². The van der Waals surface area contributed by atoms with E-state index in [1.165, 1.54) is 0 Å². The molecule has 0 fully saturated rings. The minimum Gasteiger partial charge on any atom is -0.280 e. The molecule has 92 valence electrons. The van der Waals surface area contributed by atoms with E-state index in [4.69, 9.17) is 34.8 Å². The number of halogens is 3. The molecule has 4 heteroatoms. The second-order valence-electron chi connectivity index (χ2n) is 3.78. The minimum atomic E-state index is -0.644. The molecule has 0 aliphatic rings. The van der Waals surface area contributed by atoms with Gasteiger partial charge in [-0.1, -0.05) is 59.6 Å². The van der Waals surface area contributed by atoms with Gasteiger partial charge in [-0.25, -0.2) is 0 Å². The first-order chi connectivity index (χ1) is 8.61. The van der Waals surface area contributed by atoms with Crippen LogP contribution in [0, 0.1) is 0 Å². The molecule has 0 heterocycles. The SMILES string of the molecule is O=C(Cl)C(c1ccccc1Cl)c1ccccc1Cl. The van der Waals surface area contributed by atoms with Crippen molar-refractivity contribution in [1.29, 1.82) is 0 Å². The van der Waals surface area contributed by atoms with Crippen LogP contribution in [0.15, 0.2) is 48.5 Å². The monoisotopic (exact) mass is 298 g/mol. The normalized spacial score (nSPS) is 10.7. The lowest BCUT2D eigenvalue weighted by Crippen LogP contribution is -2.09. The largest absolute Gasteiger partial charge is 0.280 e. The molecule has 0 spiro atoms. The molecule has 0 aliphatic carbocycles. The van der Waals surface area contributed by atoms with Crippen molar-refractivity contribution in [2.24, 2.45) is 0 Å². The molecule has 2 aromatic carbocycles. The number of hydrogen-bond donors (Lipinski definition) is 0. The van der Waals surface area contributed by atoms with Gasteiger partial charge in [0.05, 0.1) is 5.92 Å². The van der Waals surface area contributed by atoms with Gasteiger partial charge in [-0.3, -0.25) is 4.79 Å². The molecule has 0 saturated heterocycles. The molecule has 18 heavy (non-hydrogen) atoms. The third-order valence-corrected chi connectivity index (χ3v) is 3.57. The lowest BCUT2D eigenvalue weighted by molar-refractivity contribution is -0.112. The molecule has 0 radical (unpaired) electrons. The van der Waals surface area contributed by atoms with Crippen molar-refractivity contribution in [3.63, 3.8) is 0 Å². The van der Waals surface area contributed by atoms with Crippen LogP contribution >= 0.6 is 34.8 Å². The van der Waals surface area contributed by atoms with Crippen molar-refractivity contribution < 1.29 is 4.79 Å². The lowest BCUT2D eigenvalue weighted by atomic mass is 9.92. The summed E-state index contributed by atoms with van der Waals surface area (Å²) < 4.78 is 0. The van der Waals surface area contributed by atoms with E-state index < -0.39 is 11.2 Å². The van der Waals surface area contributed by atoms with Gasteiger partial charge in [-0.15, -0.1) is 0 Å². The number of rotatable bonds is 3. The highest BCUT2D eigenvalue weighted by atomic mass is 35.5. The van der Waals surface area contributed by atoms with Crippen LogP contribution < -0.4 is 0 Å². The highest BCUT2D eigenvalue weighted by Gasteiger charge is 2.24. The second-order valence-corrected chi connectivity index (χ2v) is 4.97. The summed E-state index contributed by atoms with van der Waals surface area (Å²) in [4.78, 5) is 11.7. The molecule has 0 saturated carbocycles. The van der Waals surface area contributed by atoms with Crippen LogP contribution in [0.4, 0.5) is 0 Å². The summed E-state index contributed by atoms with van der Waals surface area (Å²) >= 11 is 17.9. The van der Waals surface area contributed by atoms with Crippen LogP contribution in [-0.4, -0.2) is 5.24 Å². The maximum Gasteiger partial charge on any atom is 0.233 e. The van der Waals surface area contributed by atoms with Crippen LogP contribution in [0.5, 0.6) is 0 Å². The van der Waals surface area contributed by atoms with Gasteiger partial charge in [-0.2, -0.15) is 0 Å². The first kappa shape index (κ1) is 13.4. The number of benzene rings is 2. The predicted molar refractivity (Wildman–Crippen MR) is 75.6 cm³/mol. The van der Waals surface area contributed by atoms with E-state index in [-0.39, 0.29) is 0 Å². The van der Waals surface area contributed by atoms with Crippen molar-refractivity contribution >= 4 is 40.0 Å². The zero-order valence-corrected chi connectivity index (χ0v) is 11.5. The van der Waals surface area contributed by atoms with Crippen molar-refractivity contribution in [1.82, 2.24) is 0 Å². The number of carbonyl (C=O) groups excluding carboxylic acids is 1. The summed E-state index contributed by atoms with van der Waals surface area (Å²) in [6.45, 7) is 0. The molecule has 1 nitrogen and oxygen atoms in total. The highest BCUT2D eigenvalue weighted by Crippen LogP contribution is 2.35. The molecule has 2 aromatic rings. The van der Waals surface area contributed by atoms with Crippen LogP contribution in [0.25, 0.3) is 0 Å². The second kappa shape index (κ2) is 5.75. The Bertz CT molecular complexity index is 535. The molecule has 0 bridgehead atoms. The van der Waals surface area contributed by atoms with Gasteiger partial charge in [0.2, 0.25) is 5.24 Å². The molecule has 0 atom stereocenters. The van der Waals surface area contributed by atoms with Crippen molar-refractivity contribution in [3.8, 4) is 0 Å². The van der Waals surface area contributed by atoms with E-state index >= 15 is 0 Å². The van der Waals surface area contributed by atoms with Gasteiger partial charge >= 0.3 is 0 Å². The first-order valence-corrected chi connectivity index (χ1v) is 6.43. The Kier molecular flexibility index (Phi) is 4.28. The molecular weight excluding hydrogens is 291 g/mol. The molecule has 0 aromatic heterocycles. The average molecular weight is 300 g/mol. The minimum absolute atomic E-state index is 0.497. The summed E-state index contributed by atoms with van der Waals surface area (Å²) in [5.74, 6) is -0.644. The van der Waals surface area contributed by atoms with Crippen LogP contribution in [0.1, 0.15) is 17.0 Å². The van der Waals surface area contributed by atoms with E-state index in [0.29, 0.717) is 21.2 Å². The topological polar surface area (TPSA) is 17.1 Å². The molecule has 0 aliphatic heterocycles. The quantitative estimate of drug-likeness (QED) is 0.737. The number of hydrogen-bond acceptors (Lipinski definition) is 1. The lowest BCUT2D eigenvalue weighted by Gasteiger charge is -2.16. The van der Waals surface area contributed by atoms with Gasteiger partial charge in [0.15, 0.2) is 0 Å². The van der Waals surface area contributed by atoms with Crippen LogP contribution in [0.3, 0.4) is 0 Å². The highest BCUT2D eigenvalue weighted by molar-refractivity contribution is 6.65. The standard InChI is InChI=1S/C14H9Cl3O/c15-11-7-3-1-5-9(11)13(14(17)18)10-6-2-4-8-12(10)16/h1-8,13H. The van der Waals surface area contributed by atoms with E-state index in [1.807, 2.05) is 12.1 Å². The Morgan fingerprint density at radius 1 is 0.833 bits per heavy atom. The zero-order chi connectivity index (χ0) is 13.1. The van der Waals surface area contributed by atoms with Crippen molar-refractivity contribution in [2.45, 2.75) is 5.92 Å². The molecule has 2 rings (SSSR count). The van der Waals surface area contributed by atoms with E-state index in [2.05, 4.69) is 0 Å². The molecule has 0 N–H and O–H groups in total. The fourth-order valence-electron chi connectivity index (χ4n) is 1.83. The first-order valence-electron chi connectivity index (χ1n) is 5.29. The van der Waals surface area contributed by atoms with Gasteiger partial charge in [0.1, 0.15) is 0 Å². The van der Waals surface area contributed by atoms with Crippen molar-refractivity contribution in [2.75, 3.05) is 0 Å². The van der Waals surface area contributed by atoms with E-state index in [9.17, 15) is 4.79 Å². The van der Waals surface area contributed by atoms with E-state index in [1.54, 1.807) is 36.4 Å². The fraction of sp³-hybridized carbons (Fsp3) is 0.0714. The predicted octanol–water partition coefficient (Wildman–Crippen LogP) is 4.89. The molecule has 0 amide bonds. The van der Waals surface area contributed by atoms with E-state index in [0.717, 1.165) is 0 Å². The Morgan fingerprint density at radius 2 is 1.22 bits per heavy atom. The molecular formula is C14H9Cl3O. The number of carbonyl (C=O) groups is 1. The van der Waals surface area contributed by atoms with Crippen molar-refractivity contribution in [3.05, 3.63) is 69.7 Å². The van der Waals surface area contributed by atoms with Gasteiger partial charge in [0, 0.05) is 10.0 Å². The maximum absolute atomic E-state index is 11.7.